The zero-order chi connectivity index (χ0) is 35.1. The molecule has 2 N–H and O–H groups in total. The van der Waals surface area contributed by atoms with Crippen LogP contribution in [0.1, 0.15) is 93.2 Å². The summed E-state index contributed by atoms with van der Waals surface area (Å²) in [6.07, 6.45) is 6.42. The Morgan fingerprint density at radius 3 is 2.35 bits per heavy atom. The van der Waals surface area contributed by atoms with Crippen LogP contribution in [0.15, 0.2) is 91.3 Å². The van der Waals surface area contributed by atoms with Crippen LogP contribution in [0.25, 0.3) is 6.08 Å². The van der Waals surface area contributed by atoms with Gasteiger partial charge in [-0.25, -0.2) is 4.99 Å². The molecule has 1 saturated heterocycles. The second-order valence-electron chi connectivity index (χ2n) is 13.0. The largest absolute Gasteiger partial charge is 0.469 e. The molecule has 0 radical (unpaired) electrons. The lowest BCUT2D eigenvalue weighted by atomic mass is 9.87. The first-order valence-corrected chi connectivity index (χ1v) is 17.0. The number of methoxy groups -OCH3 is 1. The fourth-order valence-electron chi connectivity index (χ4n) is 7.45. The molecule has 9 heteroatoms. The minimum atomic E-state index is -0.350. The van der Waals surface area contributed by atoms with Crippen molar-refractivity contribution in [2.75, 3.05) is 7.11 Å². The normalized spacial score (nSPS) is 23.6. The summed E-state index contributed by atoms with van der Waals surface area (Å²) in [5.41, 5.74) is 11.8. The highest BCUT2D eigenvalue weighted by molar-refractivity contribution is 6.37. The van der Waals surface area contributed by atoms with E-state index in [2.05, 4.69) is 31.1 Å². The number of nitrogens with zero attached hydrogens (tertiary/aromatic N) is 2. The number of benzene rings is 1. The van der Waals surface area contributed by atoms with Crippen molar-refractivity contribution in [1.29, 1.82) is 0 Å². The van der Waals surface area contributed by atoms with Crippen LogP contribution >= 0.6 is 0 Å². The lowest BCUT2D eigenvalue weighted by Crippen LogP contribution is -2.18. The van der Waals surface area contributed by atoms with Gasteiger partial charge < -0.3 is 15.0 Å². The van der Waals surface area contributed by atoms with Gasteiger partial charge in [-0.15, -0.1) is 0 Å². The quantitative estimate of drug-likeness (QED) is 0.173. The predicted molar refractivity (Wildman–Crippen MR) is 190 cm³/mol. The van der Waals surface area contributed by atoms with Crippen molar-refractivity contribution >= 4 is 40.9 Å². The van der Waals surface area contributed by atoms with Gasteiger partial charge in [0.15, 0.2) is 5.78 Å². The Hall–Kier alpha value is -5.18. The van der Waals surface area contributed by atoms with E-state index < -0.39 is 0 Å². The summed E-state index contributed by atoms with van der Waals surface area (Å²) in [5.74, 6) is -1.27. The number of hydrogen-bond donors (Lipinski definition) is 2. The van der Waals surface area contributed by atoms with Crippen LogP contribution in [0.5, 0.6) is 0 Å². The number of aromatic amines is 1. The molecule has 49 heavy (non-hydrogen) atoms. The first-order valence-electron chi connectivity index (χ1n) is 17.0. The SMILES string of the molecule is CCC1=C(C)/C(=C/c2[nH]c(C(=O)c3ccccc3)c(C)c2CC)N=C1/C=C1/N=C2C/C(=C3\NC(=O)[C@@H](C)[C@@H]3CCC(=O)OC)C(=O)C2=C1C. The third-order valence-electron chi connectivity index (χ3n) is 10.3. The van der Waals surface area contributed by atoms with Gasteiger partial charge in [-0.2, -0.15) is 0 Å². The summed E-state index contributed by atoms with van der Waals surface area (Å²) in [7, 11) is 1.34. The van der Waals surface area contributed by atoms with Crippen molar-refractivity contribution in [3.8, 4) is 0 Å². The third-order valence-corrected chi connectivity index (χ3v) is 10.3. The van der Waals surface area contributed by atoms with E-state index in [0.29, 0.717) is 52.4 Å². The maximum absolute atomic E-state index is 13.8. The van der Waals surface area contributed by atoms with Gasteiger partial charge >= 0.3 is 5.97 Å². The lowest BCUT2D eigenvalue weighted by Gasteiger charge is -2.15. The van der Waals surface area contributed by atoms with Gasteiger partial charge in [0.05, 0.1) is 35.6 Å². The lowest BCUT2D eigenvalue weighted by molar-refractivity contribution is -0.141. The van der Waals surface area contributed by atoms with E-state index in [4.69, 9.17) is 14.7 Å². The van der Waals surface area contributed by atoms with Gasteiger partial charge in [0.25, 0.3) is 0 Å². The second-order valence-corrected chi connectivity index (χ2v) is 13.0. The number of carbonyl (C=O) groups excluding carboxylic acids is 4. The van der Waals surface area contributed by atoms with E-state index in [0.717, 1.165) is 57.8 Å². The molecule has 1 aliphatic carbocycles. The molecule has 0 unspecified atom stereocenters. The van der Waals surface area contributed by atoms with Crippen LogP contribution in [-0.4, -0.2) is 47.0 Å². The van der Waals surface area contributed by atoms with Crippen LogP contribution in [0.2, 0.25) is 0 Å². The molecule has 2 aromatic rings. The smallest absolute Gasteiger partial charge is 0.305 e. The number of allylic oxidation sites excluding steroid dienone is 7. The molecular weight excluding hydrogens is 616 g/mol. The summed E-state index contributed by atoms with van der Waals surface area (Å²) >= 11 is 0. The topological polar surface area (TPSA) is 130 Å². The minimum absolute atomic E-state index is 0.0383. The van der Waals surface area contributed by atoms with Gasteiger partial charge in [0.1, 0.15) is 0 Å². The fourth-order valence-corrected chi connectivity index (χ4v) is 7.45. The number of aromatic nitrogens is 1. The van der Waals surface area contributed by atoms with Crippen molar-refractivity contribution in [1.82, 2.24) is 10.3 Å². The first-order chi connectivity index (χ1) is 23.5. The molecule has 6 rings (SSSR count). The summed E-state index contributed by atoms with van der Waals surface area (Å²) in [6, 6.07) is 9.29. The van der Waals surface area contributed by atoms with E-state index in [1.807, 2.05) is 63.3 Å². The number of esters is 1. The van der Waals surface area contributed by atoms with Gasteiger partial charge in [0.2, 0.25) is 11.7 Å². The number of rotatable bonds is 9. The molecule has 252 valence electrons. The molecule has 2 atom stereocenters. The monoisotopic (exact) mass is 658 g/mol. The van der Waals surface area contributed by atoms with E-state index in [-0.39, 0.29) is 41.7 Å². The number of hydrogen-bond acceptors (Lipinski definition) is 7. The molecule has 3 aliphatic heterocycles. The first kappa shape index (κ1) is 33.7. The predicted octanol–water partition coefficient (Wildman–Crippen LogP) is 6.86. The molecule has 9 nitrogen and oxygen atoms in total. The Morgan fingerprint density at radius 1 is 0.980 bits per heavy atom. The summed E-state index contributed by atoms with van der Waals surface area (Å²) in [4.78, 5) is 65.0. The molecular formula is C40H42N4O5. The molecule has 4 aliphatic rings. The highest BCUT2D eigenvalue weighted by atomic mass is 16.5. The molecule has 0 bridgehead atoms. The number of fused-ring (bicyclic) bond motifs is 1. The van der Waals surface area contributed by atoms with Gasteiger partial charge in [-0.1, -0.05) is 51.1 Å². The average Bonchev–Trinajstić information content (AvgIpc) is 3.85. The fraction of sp³-hybridized carbons (Fsp3) is 0.350. The van der Waals surface area contributed by atoms with Gasteiger partial charge in [-0.05, 0) is 80.0 Å². The Balaban J connectivity index is 1.31. The number of H-pyrrole nitrogens is 1. The van der Waals surface area contributed by atoms with Crippen molar-refractivity contribution in [3.05, 3.63) is 109 Å². The molecule has 4 heterocycles. The number of ether oxygens (including phenoxy) is 1. The van der Waals surface area contributed by atoms with E-state index in [1.165, 1.54) is 7.11 Å². The van der Waals surface area contributed by atoms with Crippen LogP contribution in [0, 0.1) is 18.8 Å². The van der Waals surface area contributed by atoms with Crippen LogP contribution in [-0.2, 0) is 25.5 Å². The van der Waals surface area contributed by atoms with Gasteiger partial charge in [0, 0.05) is 52.8 Å². The third kappa shape index (κ3) is 5.92. The van der Waals surface area contributed by atoms with E-state index >= 15 is 0 Å². The van der Waals surface area contributed by atoms with Gasteiger partial charge in [-0.3, -0.25) is 24.2 Å². The standard InChI is InChI=1S/C40H42N4O5/c1-8-25-20(3)29(18-32-26(9-2)21(4)36(43-32)38(46)24-13-11-10-12-14-24)41-31(25)19-30-23(6)35-33(42-30)17-28(39(35)47)37-27(15-16-34(45)49-7)22(5)40(48)44-37/h10-14,18-19,22,27,43H,8-9,15-17H2,1-7H3,(H,44,48)/b29-18-,30-19+,37-28+/t22-,27-/m0/s1. The Labute approximate surface area is 286 Å². The molecule has 1 aromatic heterocycles. The zero-order valence-corrected chi connectivity index (χ0v) is 29.2. The number of carbonyl (C=O) groups is 4. The number of Topliss-reactive ketones (excluding diaryl/α,β-unsaturated/α-hetero) is 1. The highest BCUT2D eigenvalue weighted by Gasteiger charge is 2.43. The number of aliphatic imine (C=N–C) groups is 2. The number of nitrogens with one attached hydrogen (secondary N) is 2. The van der Waals surface area contributed by atoms with Crippen molar-refractivity contribution in [3.63, 3.8) is 0 Å². The van der Waals surface area contributed by atoms with Crippen LogP contribution in [0.3, 0.4) is 0 Å². The Kier molecular flexibility index (Phi) is 9.20. The number of ketones is 2. The Bertz CT molecular complexity index is 2030. The molecule has 1 amide bonds. The maximum atomic E-state index is 13.8. The summed E-state index contributed by atoms with van der Waals surface area (Å²) in [5, 5.41) is 2.94. The molecule has 2 fully saturated rings. The van der Waals surface area contributed by atoms with Crippen LogP contribution in [0.4, 0.5) is 0 Å². The van der Waals surface area contributed by atoms with Crippen molar-refractivity contribution in [2.45, 2.75) is 73.6 Å². The molecule has 0 spiro atoms. The summed E-state index contributed by atoms with van der Waals surface area (Å²) in [6.45, 7) is 12.0. The second kappa shape index (κ2) is 13.4. The van der Waals surface area contributed by atoms with Crippen molar-refractivity contribution in [2.24, 2.45) is 21.8 Å². The summed E-state index contributed by atoms with van der Waals surface area (Å²) < 4.78 is 4.80. The minimum Gasteiger partial charge on any atom is -0.469 e. The van der Waals surface area contributed by atoms with E-state index in [1.54, 1.807) is 0 Å². The Morgan fingerprint density at radius 2 is 1.69 bits per heavy atom. The zero-order valence-electron chi connectivity index (χ0n) is 29.2. The highest BCUT2D eigenvalue weighted by Crippen LogP contribution is 2.42. The van der Waals surface area contributed by atoms with E-state index in [9.17, 15) is 19.2 Å². The van der Waals surface area contributed by atoms with Crippen molar-refractivity contribution < 1.29 is 23.9 Å². The average molecular weight is 659 g/mol. The molecule has 1 aromatic carbocycles. The number of amides is 1. The molecule has 1 saturated carbocycles. The maximum Gasteiger partial charge on any atom is 0.305 e. The van der Waals surface area contributed by atoms with Crippen LogP contribution < -0.4 is 5.32 Å².